The second-order valence-corrected chi connectivity index (χ2v) is 9.38. The largest absolute Gasteiger partial charge is 0.486 e. The van der Waals surface area contributed by atoms with Crippen molar-refractivity contribution >= 4 is 33.5 Å². The monoisotopic (exact) mass is 510 g/mol. The molecule has 0 atom stereocenters. The van der Waals surface area contributed by atoms with Crippen LogP contribution < -0.4 is 19.5 Å². The summed E-state index contributed by atoms with van der Waals surface area (Å²) in [6.07, 6.45) is 0.0180. The van der Waals surface area contributed by atoms with Gasteiger partial charge in [0, 0.05) is 11.8 Å². The van der Waals surface area contributed by atoms with Crippen LogP contribution in [-0.2, 0) is 30.8 Å². The summed E-state index contributed by atoms with van der Waals surface area (Å²) in [7, 11) is -3.92. The van der Waals surface area contributed by atoms with Crippen LogP contribution in [0.25, 0.3) is 0 Å². The van der Waals surface area contributed by atoms with Gasteiger partial charge in [-0.1, -0.05) is 30.3 Å². The van der Waals surface area contributed by atoms with E-state index in [0.29, 0.717) is 24.7 Å². The fourth-order valence-electron chi connectivity index (χ4n) is 3.31. The van der Waals surface area contributed by atoms with E-state index in [2.05, 4.69) is 10.0 Å². The number of ether oxygens (including phenoxy) is 3. The average molecular weight is 511 g/mol. The van der Waals surface area contributed by atoms with E-state index in [-0.39, 0.29) is 22.6 Å². The summed E-state index contributed by atoms with van der Waals surface area (Å²) in [5.74, 6) is -1.27. The third-order valence-electron chi connectivity index (χ3n) is 5.02. The molecule has 0 unspecified atom stereocenters. The molecule has 4 rings (SSSR count). The fourth-order valence-corrected chi connectivity index (χ4v) is 4.38. The molecule has 1 heterocycles. The number of benzene rings is 3. The van der Waals surface area contributed by atoms with Crippen molar-refractivity contribution in [3.63, 3.8) is 0 Å². The van der Waals surface area contributed by atoms with Crippen molar-refractivity contribution in [1.82, 2.24) is 5.32 Å². The minimum atomic E-state index is -3.92. The highest BCUT2D eigenvalue weighted by Crippen LogP contribution is 2.32. The summed E-state index contributed by atoms with van der Waals surface area (Å²) in [4.78, 5) is 36.1. The van der Waals surface area contributed by atoms with Crippen LogP contribution in [0, 0.1) is 0 Å². The molecule has 1 aliphatic heterocycles. The van der Waals surface area contributed by atoms with Crippen molar-refractivity contribution in [3.05, 3.63) is 83.9 Å². The Morgan fingerprint density at radius 1 is 0.833 bits per heavy atom. The van der Waals surface area contributed by atoms with Gasteiger partial charge >= 0.3 is 5.97 Å². The maximum Gasteiger partial charge on any atom is 0.338 e. The number of rotatable bonds is 8. The Bertz CT molecular complexity index is 1370. The smallest absolute Gasteiger partial charge is 0.338 e. The van der Waals surface area contributed by atoms with Crippen molar-refractivity contribution in [2.45, 2.75) is 11.3 Å². The van der Waals surface area contributed by atoms with Crippen molar-refractivity contribution in [1.29, 1.82) is 0 Å². The Morgan fingerprint density at radius 2 is 1.53 bits per heavy atom. The zero-order valence-electron chi connectivity index (χ0n) is 18.9. The Balaban J connectivity index is 1.29. The number of hydrogen-bond acceptors (Lipinski definition) is 8. The van der Waals surface area contributed by atoms with E-state index in [1.165, 1.54) is 42.5 Å². The zero-order chi connectivity index (χ0) is 25.5. The first kappa shape index (κ1) is 24.7. The Kier molecular flexibility index (Phi) is 7.50. The lowest BCUT2D eigenvalue weighted by Gasteiger charge is -2.19. The number of amides is 2. The predicted octanol–water partition coefficient (Wildman–Crippen LogP) is 2.30. The van der Waals surface area contributed by atoms with Crippen LogP contribution in [0.5, 0.6) is 11.5 Å². The molecular formula is C25H22N2O8S. The minimum absolute atomic E-state index is 0.0111. The minimum Gasteiger partial charge on any atom is -0.486 e. The third kappa shape index (κ3) is 6.39. The van der Waals surface area contributed by atoms with E-state index in [9.17, 15) is 22.8 Å². The fraction of sp³-hybridized carbons (Fsp3) is 0.160. The molecule has 2 amide bonds. The van der Waals surface area contributed by atoms with Crippen LogP contribution in [0.15, 0.2) is 77.7 Å². The van der Waals surface area contributed by atoms with Crippen LogP contribution in [0.1, 0.15) is 15.9 Å². The molecule has 0 fully saturated rings. The molecule has 0 saturated heterocycles. The summed E-state index contributed by atoms with van der Waals surface area (Å²) in [6.45, 7) is 0.0776. The average Bonchev–Trinajstić information content (AvgIpc) is 2.87. The molecule has 0 saturated carbocycles. The quantitative estimate of drug-likeness (QED) is 0.441. The highest BCUT2D eigenvalue weighted by molar-refractivity contribution is 7.92. The number of esters is 1. The summed E-state index contributed by atoms with van der Waals surface area (Å²) in [6, 6.07) is 18.6. The van der Waals surface area contributed by atoms with Gasteiger partial charge in [0.2, 0.25) is 5.91 Å². The number of nitrogens with one attached hydrogen (secondary N) is 2. The van der Waals surface area contributed by atoms with E-state index in [1.807, 2.05) is 6.07 Å². The van der Waals surface area contributed by atoms with Crippen molar-refractivity contribution in [3.8, 4) is 11.5 Å². The van der Waals surface area contributed by atoms with Crippen molar-refractivity contribution < 1.29 is 37.0 Å². The summed E-state index contributed by atoms with van der Waals surface area (Å²) < 4.78 is 43.6. The number of hydrogen-bond donors (Lipinski definition) is 2. The number of carbonyl (C=O) groups excluding carboxylic acids is 3. The van der Waals surface area contributed by atoms with Gasteiger partial charge in [-0.3, -0.25) is 19.6 Å². The predicted molar refractivity (Wildman–Crippen MR) is 128 cm³/mol. The number of fused-ring (bicyclic) bond motifs is 1. The van der Waals surface area contributed by atoms with Gasteiger partial charge in [0.25, 0.3) is 15.9 Å². The molecule has 11 heteroatoms. The summed E-state index contributed by atoms with van der Waals surface area (Å²) >= 11 is 0. The van der Waals surface area contributed by atoms with E-state index in [1.54, 1.807) is 24.3 Å². The van der Waals surface area contributed by atoms with Gasteiger partial charge in [0.15, 0.2) is 18.1 Å². The van der Waals surface area contributed by atoms with Gasteiger partial charge in [-0.15, -0.1) is 0 Å². The van der Waals surface area contributed by atoms with Crippen LogP contribution >= 0.6 is 0 Å². The molecule has 2 N–H and O–H groups in total. The van der Waals surface area contributed by atoms with Crippen molar-refractivity contribution in [2.24, 2.45) is 0 Å². The summed E-state index contributed by atoms with van der Waals surface area (Å²) in [5, 5.41) is 2.16. The molecule has 0 bridgehead atoms. The van der Waals surface area contributed by atoms with E-state index in [0.717, 1.165) is 5.56 Å². The standard InChI is InChI=1S/C25H22N2O8S/c28-23(14-17-4-2-1-3-5-17)26-24(29)16-35-25(30)18-6-8-19(9-7-18)27-36(31,32)20-10-11-21-22(15-20)34-13-12-33-21/h1-11,15,27H,12-14,16H2,(H,26,28,29). The summed E-state index contributed by atoms with van der Waals surface area (Å²) in [5.41, 5.74) is 1.05. The number of sulfonamides is 1. The zero-order valence-corrected chi connectivity index (χ0v) is 19.7. The molecule has 186 valence electrons. The van der Waals surface area contributed by atoms with Crippen LogP contribution in [0.4, 0.5) is 5.69 Å². The first-order chi connectivity index (χ1) is 17.3. The topological polar surface area (TPSA) is 137 Å². The molecular weight excluding hydrogens is 488 g/mol. The van der Waals surface area contributed by atoms with E-state index in [4.69, 9.17) is 14.2 Å². The van der Waals surface area contributed by atoms with Crippen LogP contribution in [-0.4, -0.2) is 46.0 Å². The Labute approximate surface area is 207 Å². The molecule has 10 nitrogen and oxygen atoms in total. The molecule has 1 aliphatic rings. The maximum atomic E-state index is 12.7. The van der Waals surface area contributed by atoms with Gasteiger partial charge < -0.3 is 14.2 Å². The van der Waals surface area contributed by atoms with E-state index >= 15 is 0 Å². The van der Waals surface area contributed by atoms with Gasteiger partial charge in [-0.2, -0.15) is 0 Å². The normalized spacial score (nSPS) is 12.3. The lowest BCUT2D eigenvalue weighted by molar-refractivity contribution is -0.132. The van der Waals surface area contributed by atoms with Gasteiger partial charge in [0.1, 0.15) is 13.2 Å². The highest BCUT2D eigenvalue weighted by Gasteiger charge is 2.20. The molecule has 36 heavy (non-hydrogen) atoms. The molecule has 3 aromatic rings. The SMILES string of the molecule is O=C(COC(=O)c1ccc(NS(=O)(=O)c2ccc3c(c2)OCCO3)cc1)NC(=O)Cc1ccccc1. The molecule has 0 aromatic heterocycles. The maximum absolute atomic E-state index is 12.7. The molecule has 3 aromatic carbocycles. The Hall–Kier alpha value is -4.38. The third-order valence-corrected chi connectivity index (χ3v) is 6.40. The van der Waals surface area contributed by atoms with Gasteiger partial charge in [0.05, 0.1) is 16.9 Å². The highest BCUT2D eigenvalue weighted by atomic mass is 32.2. The number of anilines is 1. The molecule has 0 spiro atoms. The second kappa shape index (κ2) is 10.9. The Morgan fingerprint density at radius 3 is 2.25 bits per heavy atom. The first-order valence-electron chi connectivity index (χ1n) is 10.9. The van der Waals surface area contributed by atoms with Crippen molar-refractivity contribution in [2.75, 3.05) is 24.5 Å². The van der Waals surface area contributed by atoms with Crippen LogP contribution in [0.2, 0.25) is 0 Å². The lowest BCUT2D eigenvalue weighted by atomic mass is 10.1. The lowest BCUT2D eigenvalue weighted by Crippen LogP contribution is -2.35. The van der Waals surface area contributed by atoms with Crippen LogP contribution in [0.3, 0.4) is 0 Å². The van der Waals surface area contributed by atoms with E-state index < -0.39 is 34.4 Å². The number of carbonyl (C=O) groups is 3. The molecule has 0 radical (unpaired) electrons. The van der Waals surface area contributed by atoms with Gasteiger partial charge in [-0.05, 0) is 42.0 Å². The number of imide groups is 1. The molecule has 0 aliphatic carbocycles. The second-order valence-electron chi connectivity index (χ2n) is 7.70. The first-order valence-corrected chi connectivity index (χ1v) is 12.3. The van der Waals surface area contributed by atoms with Gasteiger partial charge in [-0.25, -0.2) is 13.2 Å².